The van der Waals surface area contributed by atoms with Gasteiger partial charge in [0.05, 0.1) is 0 Å². The summed E-state index contributed by atoms with van der Waals surface area (Å²) in [6, 6.07) is 15.5. The molecule has 146 valence electrons. The van der Waals surface area contributed by atoms with Crippen LogP contribution in [-0.2, 0) is 9.59 Å². The minimum atomic E-state index is -0.638. The summed E-state index contributed by atoms with van der Waals surface area (Å²) in [6.07, 6.45) is 4.30. The Labute approximate surface area is 173 Å². The number of hydrogen-bond donors (Lipinski definition) is 1. The lowest BCUT2D eigenvalue weighted by Crippen LogP contribution is -2.33. The Morgan fingerprint density at radius 1 is 0.964 bits per heavy atom. The fourth-order valence-corrected chi connectivity index (χ4v) is 4.35. The quantitative estimate of drug-likeness (QED) is 0.713. The average Bonchev–Trinajstić information content (AvgIpc) is 3.11. The molecular weight excluding hydrogens is 418 g/mol. The van der Waals surface area contributed by atoms with Gasteiger partial charge >= 0.3 is 0 Å². The molecule has 1 atom stereocenters. The number of nitrogens with zero attached hydrogens (tertiary/aromatic N) is 2. The maximum Gasteiger partial charge on any atom is 0.239 e. The van der Waals surface area contributed by atoms with Crippen LogP contribution < -0.4 is 15.1 Å². The maximum atomic E-state index is 12.8. The molecule has 2 heterocycles. The van der Waals surface area contributed by atoms with Crippen LogP contribution in [-0.4, -0.2) is 31.4 Å². The molecule has 2 aliphatic rings. The number of nitrogens with one attached hydrogen (secondary N) is 1. The van der Waals surface area contributed by atoms with Gasteiger partial charge in [-0.15, -0.1) is 0 Å². The second-order valence-electron chi connectivity index (χ2n) is 7.39. The van der Waals surface area contributed by atoms with Crippen LogP contribution in [0, 0.1) is 5.92 Å². The van der Waals surface area contributed by atoms with E-state index in [0.29, 0.717) is 13.0 Å². The summed E-state index contributed by atoms with van der Waals surface area (Å²) in [5.74, 6) is -1.01. The first-order valence-corrected chi connectivity index (χ1v) is 10.6. The predicted molar refractivity (Wildman–Crippen MR) is 116 cm³/mol. The molecule has 2 aromatic carbocycles. The molecule has 1 N–H and O–H groups in total. The van der Waals surface area contributed by atoms with Gasteiger partial charge in [0.1, 0.15) is 5.92 Å². The first kappa shape index (κ1) is 19.0. The van der Waals surface area contributed by atoms with E-state index in [1.165, 1.54) is 24.9 Å². The molecule has 2 amide bonds. The van der Waals surface area contributed by atoms with Gasteiger partial charge in [0.25, 0.3) is 0 Å². The summed E-state index contributed by atoms with van der Waals surface area (Å²) in [7, 11) is 0. The van der Waals surface area contributed by atoms with Crippen molar-refractivity contribution in [1.29, 1.82) is 0 Å². The van der Waals surface area contributed by atoms with Gasteiger partial charge in [-0.25, -0.2) is 0 Å². The van der Waals surface area contributed by atoms with E-state index >= 15 is 0 Å². The minimum absolute atomic E-state index is 0.138. The third kappa shape index (κ3) is 4.07. The van der Waals surface area contributed by atoms with E-state index < -0.39 is 5.92 Å². The molecule has 4 rings (SSSR count). The number of hydrogen-bond acceptors (Lipinski definition) is 3. The summed E-state index contributed by atoms with van der Waals surface area (Å²) in [5.41, 5.74) is 2.75. The predicted octanol–water partition coefficient (Wildman–Crippen LogP) is 4.43. The molecule has 0 spiro atoms. The van der Waals surface area contributed by atoms with Crippen molar-refractivity contribution in [3.8, 4) is 0 Å². The summed E-state index contributed by atoms with van der Waals surface area (Å²) in [6.45, 7) is 2.74. The second-order valence-corrected chi connectivity index (χ2v) is 8.31. The summed E-state index contributed by atoms with van der Waals surface area (Å²) in [4.78, 5) is 29.5. The molecular formula is C22H24BrN3O2. The Kier molecular flexibility index (Phi) is 5.67. The number of rotatable bonds is 4. The zero-order valence-electron chi connectivity index (χ0n) is 15.7. The summed E-state index contributed by atoms with van der Waals surface area (Å²) < 4.78 is 0.916. The number of amides is 2. The number of halogens is 1. The Balaban J connectivity index is 1.39. The van der Waals surface area contributed by atoms with Crippen LogP contribution in [0.3, 0.4) is 0 Å². The molecule has 2 saturated heterocycles. The van der Waals surface area contributed by atoms with Crippen molar-refractivity contribution in [2.24, 2.45) is 5.92 Å². The van der Waals surface area contributed by atoms with E-state index in [-0.39, 0.29) is 11.8 Å². The van der Waals surface area contributed by atoms with Gasteiger partial charge in [-0.05, 0) is 68.1 Å². The van der Waals surface area contributed by atoms with E-state index in [9.17, 15) is 9.59 Å². The van der Waals surface area contributed by atoms with Gasteiger partial charge in [-0.1, -0.05) is 22.0 Å². The smallest absolute Gasteiger partial charge is 0.239 e. The topological polar surface area (TPSA) is 52.7 Å². The van der Waals surface area contributed by atoms with E-state index in [0.717, 1.165) is 28.9 Å². The average molecular weight is 442 g/mol. The van der Waals surface area contributed by atoms with Crippen LogP contribution in [0.4, 0.5) is 17.1 Å². The third-order valence-electron chi connectivity index (χ3n) is 5.50. The normalized spacial score (nSPS) is 19.8. The van der Waals surface area contributed by atoms with Crippen LogP contribution in [0.5, 0.6) is 0 Å². The first-order chi connectivity index (χ1) is 13.6. The number of benzene rings is 2. The number of anilines is 3. The van der Waals surface area contributed by atoms with Crippen molar-refractivity contribution in [1.82, 2.24) is 0 Å². The monoisotopic (exact) mass is 441 g/mol. The van der Waals surface area contributed by atoms with Crippen LogP contribution >= 0.6 is 15.9 Å². The van der Waals surface area contributed by atoms with Crippen molar-refractivity contribution >= 4 is 44.8 Å². The van der Waals surface area contributed by atoms with Crippen molar-refractivity contribution in [3.05, 3.63) is 53.0 Å². The molecule has 0 bridgehead atoms. The molecule has 0 radical (unpaired) electrons. The highest BCUT2D eigenvalue weighted by atomic mass is 79.9. The molecule has 0 aliphatic carbocycles. The van der Waals surface area contributed by atoms with E-state index in [2.05, 4.69) is 26.1 Å². The molecule has 5 nitrogen and oxygen atoms in total. The Morgan fingerprint density at radius 3 is 2.43 bits per heavy atom. The largest absolute Gasteiger partial charge is 0.372 e. The molecule has 0 aromatic heterocycles. The van der Waals surface area contributed by atoms with E-state index in [1.807, 2.05) is 48.5 Å². The first-order valence-electron chi connectivity index (χ1n) is 9.85. The Bertz CT molecular complexity index is 862. The van der Waals surface area contributed by atoms with Gasteiger partial charge < -0.3 is 15.1 Å². The highest BCUT2D eigenvalue weighted by Crippen LogP contribution is 2.28. The van der Waals surface area contributed by atoms with Crippen LogP contribution in [0.25, 0.3) is 0 Å². The number of piperidine rings is 1. The molecule has 0 saturated carbocycles. The van der Waals surface area contributed by atoms with E-state index in [4.69, 9.17) is 0 Å². The highest BCUT2D eigenvalue weighted by molar-refractivity contribution is 9.10. The number of carbonyl (C=O) groups is 2. The zero-order valence-corrected chi connectivity index (χ0v) is 17.3. The lowest BCUT2D eigenvalue weighted by Gasteiger charge is -2.28. The molecule has 2 aromatic rings. The molecule has 2 aliphatic heterocycles. The van der Waals surface area contributed by atoms with Gasteiger partial charge in [0.2, 0.25) is 11.8 Å². The van der Waals surface area contributed by atoms with Crippen molar-refractivity contribution in [2.75, 3.05) is 34.8 Å². The van der Waals surface area contributed by atoms with Gasteiger partial charge in [0.15, 0.2) is 0 Å². The fraction of sp³-hybridized carbons (Fsp3) is 0.364. The molecule has 28 heavy (non-hydrogen) atoms. The van der Waals surface area contributed by atoms with Crippen molar-refractivity contribution < 1.29 is 9.59 Å². The maximum absolute atomic E-state index is 12.8. The highest BCUT2D eigenvalue weighted by Gasteiger charge is 2.37. The standard InChI is InChI=1S/C22H24BrN3O2/c23-16-5-4-6-19(15-16)26-14-11-20(22(26)28)21(27)24-17-7-9-18(10-8-17)25-12-2-1-3-13-25/h4-10,15,20H,1-3,11-14H2,(H,24,27). The lowest BCUT2D eigenvalue weighted by atomic mass is 10.1. The fourth-order valence-electron chi connectivity index (χ4n) is 3.96. The van der Waals surface area contributed by atoms with Crippen LogP contribution in [0.1, 0.15) is 25.7 Å². The van der Waals surface area contributed by atoms with Crippen molar-refractivity contribution in [3.63, 3.8) is 0 Å². The molecule has 1 unspecified atom stereocenters. The van der Waals surface area contributed by atoms with Gasteiger partial charge in [-0.3, -0.25) is 9.59 Å². The van der Waals surface area contributed by atoms with Gasteiger partial charge in [-0.2, -0.15) is 0 Å². The zero-order chi connectivity index (χ0) is 19.5. The Hall–Kier alpha value is -2.34. The van der Waals surface area contributed by atoms with E-state index in [1.54, 1.807) is 4.90 Å². The lowest BCUT2D eigenvalue weighted by molar-refractivity contribution is -0.129. The minimum Gasteiger partial charge on any atom is -0.372 e. The SMILES string of the molecule is O=C(Nc1ccc(N2CCCCC2)cc1)C1CCN(c2cccc(Br)c2)C1=O. The van der Waals surface area contributed by atoms with Crippen LogP contribution in [0.15, 0.2) is 53.0 Å². The summed E-state index contributed by atoms with van der Waals surface area (Å²) >= 11 is 3.43. The number of carbonyl (C=O) groups excluding carboxylic acids is 2. The van der Waals surface area contributed by atoms with Crippen LogP contribution in [0.2, 0.25) is 0 Å². The Morgan fingerprint density at radius 2 is 1.71 bits per heavy atom. The van der Waals surface area contributed by atoms with Crippen molar-refractivity contribution in [2.45, 2.75) is 25.7 Å². The van der Waals surface area contributed by atoms with Gasteiger partial charge in [0, 0.05) is 41.2 Å². The molecule has 2 fully saturated rings. The summed E-state index contributed by atoms with van der Waals surface area (Å²) in [5, 5.41) is 2.91. The molecule has 6 heteroatoms. The third-order valence-corrected chi connectivity index (χ3v) is 5.99. The second kappa shape index (κ2) is 8.35.